The molecule has 1 amide bonds. The number of carboxylic acid groups (broad SMARTS) is 1. The number of amides is 1. The summed E-state index contributed by atoms with van der Waals surface area (Å²) >= 11 is 0. The van der Waals surface area contributed by atoms with E-state index in [0.717, 1.165) is 11.3 Å². The van der Waals surface area contributed by atoms with Crippen molar-refractivity contribution in [3.63, 3.8) is 0 Å². The number of benzene rings is 1. The molecule has 0 atom stereocenters. The van der Waals surface area contributed by atoms with Gasteiger partial charge in [0.25, 0.3) is 5.91 Å². The van der Waals surface area contributed by atoms with Gasteiger partial charge in [0, 0.05) is 5.56 Å². The monoisotopic (exact) mass is 317 g/mol. The summed E-state index contributed by atoms with van der Waals surface area (Å²) in [6.45, 7) is 4.28. The van der Waals surface area contributed by atoms with Crippen LogP contribution in [0.4, 0.5) is 0 Å². The van der Waals surface area contributed by atoms with Crippen LogP contribution in [0.1, 0.15) is 27.2 Å². The summed E-state index contributed by atoms with van der Waals surface area (Å²) in [5.41, 5.74) is 1.91. The van der Waals surface area contributed by atoms with Crippen LogP contribution in [-0.4, -0.2) is 30.1 Å². The molecule has 0 aliphatic heterocycles. The molecule has 0 spiro atoms. The number of hydrogen-bond donors (Lipinski definition) is 2. The van der Waals surface area contributed by atoms with Crippen LogP contribution in [0, 0.1) is 13.8 Å². The van der Waals surface area contributed by atoms with Gasteiger partial charge in [-0.3, -0.25) is 9.59 Å². The maximum absolute atomic E-state index is 12.2. The Morgan fingerprint density at radius 2 is 1.96 bits per heavy atom. The van der Waals surface area contributed by atoms with Crippen LogP contribution in [0.3, 0.4) is 0 Å². The average molecular weight is 317 g/mol. The lowest BCUT2D eigenvalue weighted by molar-refractivity contribution is -0.136. The molecular formula is C17H19NO5. The van der Waals surface area contributed by atoms with Crippen molar-refractivity contribution in [3.8, 4) is 5.75 Å². The molecule has 2 N–H and O–H groups in total. The van der Waals surface area contributed by atoms with E-state index in [9.17, 15) is 9.59 Å². The Hall–Kier alpha value is -2.76. The molecule has 0 saturated carbocycles. The van der Waals surface area contributed by atoms with Crippen molar-refractivity contribution in [2.24, 2.45) is 0 Å². The Morgan fingerprint density at radius 3 is 2.65 bits per heavy atom. The number of aryl methyl sites for hydroxylation is 2. The van der Waals surface area contributed by atoms with E-state index >= 15 is 0 Å². The molecule has 6 heteroatoms. The van der Waals surface area contributed by atoms with Gasteiger partial charge in [-0.15, -0.1) is 0 Å². The van der Waals surface area contributed by atoms with E-state index in [1.54, 1.807) is 6.92 Å². The van der Waals surface area contributed by atoms with Gasteiger partial charge in [0.2, 0.25) is 0 Å². The smallest absolute Gasteiger partial charge is 0.311 e. The van der Waals surface area contributed by atoms with E-state index in [1.165, 1.54) is 6.26 Å². The molecule has 0 unspecified atom stereocenters. The highest BCUT2D eigenvalue weighted by molar-refractivity contribution is 5.97. The van der Waals surface area contributed by atoms with Crippen molar-refractivity contribution in [2.75, 3.05) is 13.2 Å². The number of carbonyl (C=O) groups is 2. The molecule has 2 rings (SSSR count). The number of hydrogen-bond acceptors (Lipinski definition) is 4. The van der Waals surface area contributed by atoms with Crippen LogP contribution in [0.25, 0.3) is 0 Å². The van der Waals surface area contributed by atoms with Gasteiger partial charge in [0.15, 0.2) is 0 Å². The van der Waals surface area contributed by atoms with E-state index < -0.39 is 5.97 Å². The third-order valence-corrected chi connectivity index (χ3v) is 3.33. The first kappa shape index (κ1) is 16.6. The summed E-state index contributed by atoms with van der Waals surface area (Å²) in [5, 5.41) is 11.5. The molecule has 2 aromatic rings. The molecule has 0 aliphatic carbocycles. The molecule has 0 bridgehead atoms. The summed E-state index contributed by atoms with van der Waals surface area (Å²) < 4.78 is 10.7. The van der Waals surface area contributed by atoms with Crippen molar-refractivity contribution in [2.45, 2.75) is 20.3 Å². The molecule has 0 fully saturated rings. The van der Waals surface area contributed by atoms with Gasteiger partial charge < -0.3 is 19.6 Å². The molecule has 0 aliphatic rings. The fraction of sp³-hybridized carbons (Fsp3) is 0.294. The number of ether oxygens (including phenoxy) is 1. The maximum atomic E-state index is 12.2. The van der Waals surface area contributed by atoms with Gasteiger partial charge in [-0.25, -0.2) is 0 Å². The second-order valence-corrected chi connectivity index (χ2v) is 5.16. The fourth-order valence-electron chi connectivity index (χ4n) is 2.20. The normalized spacial score (nSPS) is 10.3. The quantitative estimate of drug-likeness (QED) is 0.765. The highest BCUT2D eigenvalue weighted by atomic mass is 16.5. The van der Waals surface area contributed by atoms with E-state index in [2.05, 4.69) is 5.32 Å². The zero-order valence-corrected chi connectivity index (χ0v) is 13.1. The third kappa shape index (κ3) is 4.35. The van der Waals surface area contributed by atoms with Crippen molar-refractivity contribution in [3.05, 3.63) is 53.0 Å². The first-order valence-electron chi connectivity index (χ1n) is 7.24. The molecule has 1 heterocycles. The van der Waals surface area contributed by atoms with Crippen LogP contribution in [-0.2, 0) is 11.2 Å². The van der Waals surface area contributed by atoms with Crippen LogP contribution >= 0.6 is 0 Å². The van der Waals surface area contributed by atoms with Gasteiger partial charge in [0.1, 0.15) is 24.5 Å². The molecule has 1 aromatic carbocycles. The molecule has 0 saturated heterocycles. The minimum Gasteiger partial charge on any atom is -0.491 e. The maximum Gasteiger partial charge on any atom is 0.311 e. The zero-order valence-electron chi connectivity index (χ0n) is 13.1. The minimum atomic E-state index is -1.05. The lowest BCUT2D eigenvalue weighted by Crippen LogP contribution is -2.29. The van der Waals surface area contributed by atoms with Crippen LogP contribution in [0.2, 0.25) is 0 Å². The Morgan fingerprint density at radius 1 is 1.22 bits per heavy atom. The minimum absolute atomic E-state index is 0.160. The van der Waals surface area contributed by atoms with Crippen molar-refractivity contribution >= 4 is 11.9 Å². The fourth-order valence-corrected chi connectivity index (χ4v) is 2.20. The standard InChI is InChI=1S/C17H19NO5/c1-11-5-3-4-6-13(11)22-8-7-18-17(21)16-12(2)10-23-14(16)9-15(19)20/h3-6,10H,7-9H2,1-2H3,(H,18,21)(H,19,20). The number of rotatable bonds is 7. The molecule has 0 radical (unpaired) electrons. The second kappa shape index (κ2) is 7.49. The van der Waals surface area contributed by atoms with E-state index in [4.69, 9.17) is 14.3 Å². The number of carbonyl (C=O) groups excluding carboxylic acids is 1. The van der Waals surface area contributed by atoms with Gasteiger partial charge in [0.05, 0.1) is 18.4 Å². The Labute approximate surface area is 134 Å². The molecular weight excluding hydrogens is 298 g/mol. The molecule has 122 valence electrons. The first-order chi connectivity index (χ1) is 11.0. The third-order valence-electron chi connectivity index (χ3n) is 3.33. The summed E-state index contributed by atoms with van der Waals surface area (Å²) in [5.74, 6) is -0.475. The molecule has 23 heavy (non-hydrogen) atoms. The molecule has 6 nitrogen and oxygen atoms in total. The predicted octanol–water partition coefficient (Wildman–Crippen LogP) is 2.33. The van der Waals surface area contributed by atoms with Crippen LogP contribution < -0.4 is 10.1 Å². The predicted molar refractivity (Wildman–Crippen MR) is 83.8 cm³/mol. The SMILES string of the molecule is Cc1ccccc1OCCNC(=O)c1c(C)coc1CC(=O)O. The number of furan rings is 1. The lowest BCUT2D eigenvalue weighted by atomic mass is 10.1. The van der Waals surface area contributed by atoms with Crippen molar-refractivity contribution in [1.29, 1.82) is 0 Å². The summed E-state index contributed by atoms with van der Waals surface area (Å²) in [4.78, 5) is 23.0. The lowest BCUT2D eigenvalue weighted by Gasteiger charge is -2.10. The zero-order chi connectivity index (χ0) is 16.8. The largest absolute Gasteiger partial charge is 0.491 e. The van der Waals surface area contributed by atoms with Crippen molar-refractivity contribution in [1.82, 2.24) is 5.32 Å². The van der Waals surface area contributed by atoms with Gasteiger partial charge in [-0.05, 0) is 25.5 Å². The number of para-hydroxylation sites is 1. The Bertz CT molecular complexity index is 705. The Balaban J connectivity index is 1.89. The van der Waals surface area contributed by atoms with Gasteiger partial charge in [-0.1, -0.05) is 18.2 Å². The second-order valence-electron chi connectivity index (χ2n) is 5.16. The first-order valence-corrected chi connectivity index (χ1v) is 7.24. The number of carboxylic acids is 1. The van der Waals surface area contributed by atoms with E-state index in [1.807, 2.05) is 31.2 Å². The average Bonchev–Trinajstić information content (AvgIpc) is 2.85. The van der Waals surface area contributed by atoms with E-state index in [-0.39, 0.29) is 23.7 Å². The highest BCUT2D eigenvalue weighted by Crippen LogP contribution is 2.18. The number of nitrogens with one attached hydrogen (secondary N) is 1. The summed E-state index contributed by atoms with van der Waals surface area (Å²) in [6.07, 6.45) is 1.06. The topological polar surface area (TPSA) is 88.8 Å². The van der Waals surface area contributed by atoms with Crippen molar-refractivity contribution < 1.29 is 23.8 Å². The summed E-state index contributed by atoms with van der Waals surface area (Å²) in [6, 6.07) is 7.62. The van der Waals surface area contributed by atoms with Gasteiger partial charge >= 0.3 is 5.97 Å². The van der Waals surface area contributed by atoms with Crippen LogP contribution in [0.5, 0.6) is 5.75 Å². The van der Waals surface area contributed by atoms with E-state index in [0.29, 0.717) is 18.7 Å². The van der Waals surface area contributed by atoms with Crippen LogP contribution in [0.15, 0.2) is 34.9 Å². The highest BCUT2D eigenvalue weighted by Gasteiger charge is 2.20. The Kier molecular flexibility index (Phi) is 5.41. The molecule has 1 aromatic heterocycles. The van der Waals surface area contributed by atoms with Gasteiger partial charge in [-0.2, -0.15) is 0 Å². The summed E-state index contributed by atoms with van der Waals surface area (Å²) in [7, 11) is 0. The number of aliphatic carboxylic acids is 1.